The summed E-state index contributed by atoms with van der Waals surface area (Å²) in [6.45, 7) is 4.36. The van der Waals surface area contributed by atoms with Crippen molar-refractivity contribution in [1.29, 1.82) is 0 Å². The van der Waals surface area contributed by atoms with E-state index >= 15 is 0 Å². The van der Waals surface area contributed by atoms with Gasteiger partial charge >= 0.3 is 11.9 Å². The highest BCUT2D eigenvalue weighted by molar-refractivity contribution is 6.00. The topological polar surface area (TPSA) is 71.1 Å². The van der Waals surface area contributed by atoms with E-state index in [1.54, 1.807) is 0 Å². The summed E-state index contributed by atoms with van der Waals surface area (Å²) >= 11 is 0. The Hall–Kier alpha value is -1.40. The molecule has 1 radical (unpaired) electrons. The summed E-state index contributed by atoms with van der Waals surface area (Å²) in [5.41, 5.74) is -1.50. The summed E-state index contributed by atoms with van der Waals surface area (Å²) < 4.78 is 19.8. The molecule has 0 aromatic rings. The van der Waals surface area contributed by atoms with Crippen molar-refractivity contribution >= 4 is 11.9 Å². The van der Waals surface area contributed by atoms with Crippen LogP contribution in [0.5, 0.6) is 0 Å². The molecule has 1 rings (SSSR count). The third-order valence-electron chi connectivity index (χ3n) is 2.70. The Balaban J connectivity index is 2.97. The molecule has 18 heavy (non-hydrogen) atoms. The molecule has 1 saturated heterocycles. The Kier molecular flexibility index (Phi) is 5.30. The van der Waals surface area contributed by atoms with Crippen LogP contribution in [0, 0.1) is 11.7 Å². The minimum Gasteiger partial charge on any atom is -0.468 e. The maximum absolute atomic E-state index is 11.9. The maximum Gasteiger partial charge on any atom is 0.323 e. The van der Waals surface area contributed by atoms with Crippen LogP contribution in [0.4, 0.5) is 0 Å². The molecular weight excluding hydrogens is 240 g/mol. The molecular formula is C12H17O6. The van der Waals surface area contributed by atoms with E-state index in [1.807, 2.05) is 0 Å². The SMILES string of the molecule is C=CCC(C[C]1OCCO1)(C(=O)OC)C(=O)OC. The van der Waals surface area contributed by atoms with Gasteiger partial charge in [0.25, 0.3) is 0 Å². The zero-order valence-corrected chi connectivity index (χ0v) is 10.6. The maximum atomic E-state index is 11.9. The lowest BCUT2D eigenvalue weighted by Gasteiger charge is -2.28. The van der Waals surface area contributed by atoms with E-state index in [0.29, 0.717) is 13.2 Å². The number of allylic oxidation sites excluding steroid dienone is 1. The lowest BCUT2D eigenvalue weighted by atomic mass is 9.80. The van der Waals surface area contributed by atoms with Crippen molar-refractivity contribution in [2.24, 2.45) is 5.41 Å². The Labute approximate surface area is 106 Å². The molecule has 0 N–H and O–H groups in total. The Morgan fingerprint density at radius 3 is 2.17 bits per heavy atom. The second-order valence-electron chi connectivity index (χ2n) is 3.80. The first-order chi connectivity index (χ1) is 8.60. The summed E-state index contributed by atoms with van der Waals surface area (Å²) in [6.07, 6.45) is 1.76. The van der Waals surface area contributed by atoms with Gasteiger partial charge in [-0.05, 0) is 6.42 Å². The molecule has 0 amide bonds. The first-order valence-corrected chi connectivity index (χ1v) is 5.50. The van der Waals surface area contributed by atoms with Gasteiger partial charge in [-0.25, -0.2) is 0 Å². The smallest absolute Gasteiger partial charge is 0.323 e. The molecule has 0 aliphatic carbocycles. The van der Waals surface area contributed by atoms with Crippen LogP contribution < -0.4 is 0 Å². The summed E-state index contributed by atoms with van der Waals surface area (Å²) in [7, 11) is 2.42. The second kappa shape index (κ2) is 6.51. The zero-order chi connectivity index (χ0) is 13.6. The number of esters is 2. The predicted octanol–water partition coefficient (Wildman–Crippen LogP) is 0.821. The lowest BCUT2D eigenvalue weighted by molar-refractivity contribution is -0.171. The first kappa shape index (κ1) is 14.7. The molecule has 0 spiro atoms. The van der Waals surface area contributed by atoms with E-state index in [4.69, 9.17) is 9.47 Å². The monoisotopic (exact) mass is 257 g/mol. The Morgan fingerprint density at radius 1 is 1.28 bits per heavy atom. The molecule has 1 heterocycles. The van der Waals surface area contributed by atoms with Crippen molar-refractivity contribution in [1.82, 2.24) is 0 Å². The van der Waals surface area contributed by atoms with Crippen molar-refractivity contribution in [3.05, 3.63) is 18.9 Å². The zero-order valence-electron chi connectivity index (χ0n) is 10.6. The van der Waals surface area contributed by atoms with Gasteiger partial charge < -0.3 is 18.9 Å². The third-order valence-corrected chi connectivity index (χ3v) is 2.70. The number of hydrogen-bond donors (Lipinski definition) is 0. The van der Waals surface area contributed by atoms with Crippen LogP contribution in [0.2, 0.25) is 0 Å². The fourth-order valence-electron chi connectivity index (χ4n) is 1.80. The molecule has 101 valence electrons. The van der Waals surface area contributed by atoms with Crippen molar-refractivity contribution in [2.75, 3.05) is 27.4 Å². The number of methoxy groups -OCH3 is 2. The molecule has 0 saturated carbocycles. The van der Waals surface area contributed by atoms with Gasteiger partial charge in [-0.2, -0.15) is 0 Å². The Morgan fingerprint density at radius 2 is 1.78 bits per heavy atom. The van der Waals surface area contributed by atoms with Gasteiger partial charge in [0.2, 0.25) is 6.29 Å². The standard InChI is InChI=1S/C12H17O6/c1-4-5-12(10(13)15-2,11(14)16-3)8-9-17-6-7-18-9/h4H,1,5-8H2,2-3H3. The highest BCUT2D eigenvalue weighted by Gasteiger charge is 2.50. The van der Waals surface area contributed by atoms with Gasteiger partial charge in [-0.1, -0.05) is 6.08 Å². The fraction of sp³-hybridized carbons (Fsp3) is 0.583. The summed E-state index contributed by atoms with van der Waals surface area (Å²) in [5, 5.41) is 0. The number of hydrogen-bond acceptors (Lipinski definition) is 6. The predicted molar refractivity (Wildman–Crippen MR) is 61.0 cm³/mol. The average Bonchev–Trinajstić information content (AvgIpc) is 2.88. The highest BCUT2D eigenvalue weighted by Crippen LogP contribution is 2.37. The minimum atomic E-state index is -1.50. The molecule has 0 aromatic carbocycles. The van der Waals surface area contributed by atoms with Gasteiger partial charge in [0, 0.05) is 6.42 Å². The number of carbonyl (C=O) groups is 2. The van der Waals surface area contributed by atoms with Crippen LogP contribution in [0.25, 0.3) is 0 Å². The van der Waals surface area contributed by atoms with E-state index in [-0.39, 0.29) is 19.1 Å². The highest BCUT2D eigenvalue weighted by atomic mass is 16.7. The summed E-state index contributed by atoms with van der Waals surface area (Å²) in [5.74, 6) is -1.39. The van der Waals surface area contributed by atoms with Crippen LogP contribution in [-0.2, 0) is 28.5 Å². The van der Waals surface area contributed by atoms with Gasteiger partial charge in [0.05, 0.1) is 27.4 Å². The van der Waals surface area contributed by atoms with Crippen molar-refractivity contribution in [3.63, 3.8) is 0 Å². The van der Waals surface area contributed by atoms with Crippen LogP contribution >= 0.6 is 0 Å². The molecule has 0 bridgehead atoms. The van der Waals surface area contributed by atoms with Crippen LogP contribution in [-0.4, -0.2) is 39.4 Å². The molecule has 1 aliphatic heterocycles. The van der Waals surface area contributed by atoms with Crippen molar-refractivity contribution in [3.8, 4) is 0 Å². The Bertz CT molecular complexity index is 303. The normalized spacial score (nSPS) is 16.3. The first-order valence-electron chi connectivity index (χ1n) is 5.50. The largest absolute Gasteiger partial charge is 0.468 e. The van der Waals surface area contributed by atoms with Crippen LogP contribution in [0.3, 0.4) is 0 Å². The van der Waals surface area contributed by atoms with Gasteiger partial charge in [-0.15, -0.1) is 6.58 Å². The average molecular weight is 257 g/mol. The molecule has 6 nitrogen and oxygen atoms in total. The summed E-state index contributed by atoms with van der Waals surface area (Å²) in [4.78, 5) is 23.8. The molecule has 0 atom stereocenters. The molecule has 0 aromatic heterocycles. The number of ether oxygens (including phenoxy) is 4. The van der Waals surface area contributed by atoms with E-state index in [1.165, 1.54) is 20.3 Å². The van der Waals surface area contributed by atoms with E-state index in [0.717, 1.165) is 0 Å². The van der Waals surface area contributed by atoms with Crippen molar-refractivity contribution in [2.45, 2.75) is 12.8 Å². The van der Waals surface area contributed by atoms with E-state index < -0.39 is 17.4 Å². The van der Waals surface area contributed by atoms with E-state index in [2.05, 4.69) is 16.1 Å². The second-order valence-corrected chi connectivity index (χ2v) is 3.80. The molecule has 0 unspecified atom stereocenters. The lowest BCUT2D eigenvalue weighted by Crippen LogP contribution is -2.42. The minimum absolute atomic E-state index is 0.0294. The fourth-order valence-corrected chi connectivity index (χ4v) is 1.80. The molecule has 1 fully saturated rings. The number of rotatable bonds is 6. The van der Waals surface area contributed by atoms with Gasteiger partial charge in [0.1, 0.15) is 0 Å². The molecule has 6 heteroatoms. The molecule has 1 aliphatic rings. The van der Waals surface area contributed by atoms with Crippen LogP contribution in [0.15, 0.2) is 12.7 Å². The van der Waals surface area contributed by atoms with Gasteiger partial charge in [-0.3, -0.25) is 9.59 Å². The van der Waals surface area contributed by atoms with Crippen molar-refractivity contribution < 1.29 is 28.5 Å². The third kappa shape index (κ3) is 2.88. The quantitative estimate of drug-likeness (QED) is 0.398. The summed E-state index contributed by atoms with van der Waals surface area (Å²) in [6, 6.07) is 0. The van der Waals surface area contributed by atoms with E-state index in [9.17, 15) is 9.59 Å². The van der Waals surface area contributed by atoms with Gasteiger partial charge in [0.15, 0.2) is 5.41 Å². The number of carbonyl (C=O) groups excluding carboxylic acids is 2. The van der Waals surface area contributed by atoms with Crippen LogP contribution in [0.1, 0.15) is 12.8 Å².